The van der Waals surface area contributed by atoms with E-state index in [4.69, 9.17) is 10.2 Å². The van der Waals surface area contributed by atoms with Crippen LogP contribution in [0.3, 0.4) is 0 Å². The number of aryl methyl sites for hydroxylation is 1. The first-order chi connectivity index (χ1) is 8.49. The summed E-state index contributed by atoms with van der Waals surface area (Å²) < 4.78 is 19.3. The molecule has 18 heavy (non-hydrogen) atoms. The van der Waals surface area contributed by atoms with E-state index in [-0.39, 0.29) is 5.82 Å². The molecule has 0 fully saturated rings. The number of nitrogens with zero attached hydrogens (tertiary/aromatic N) is 1. The van der Waals surface area contributed by atoms with Gasteiger partial charge >= 0.3 is 0 Å². The Bertz CT molecular complexity index is 568. The average Bonchev–Trinajstić information content (AvgIpc) is 2.69. The molecular formula is C13H14FIN2O. The standard InChI is InChI=1S/C13H14FIN2O/c1-8-9(3-4-18-8)7-17(2)13-5-10(14)11(15)6-12(13)16/h3-6H,7,16H2,1-2H3. The molecular weight excluding hydrogens is 346 g/mol. The van der Waals surface area contributed by atoms with Crippen LogP contribution in [0.5, 0.6) is 0 Å². The number of furan rings is 1. The first-order valence-corrected chi connectivity index (χ1v) is 6.55. The van der Waals surface area contributed by atoms with Crippen LogP contribution in [-0.4, -0.2) is 7.05 Å². The maximum absolute atomic E-state index is 13.6. The van der Waals surface area contributed by atoms with Crippen molar-refractivity contribution in [2.24, 2.45) is 0 Å². The Kier molecular flexibility index (Phi) is 3.79. The number of benzene rings is 1. The van der Waals surface area contributed by atoms with E-state index in [1.165, 1.54) is 6.07 Å². The fraction of sp³-hybridized carbons (Fsp3) is 0.231. The number of halogens is 2. The largest absolute Gasteiger partial charge is 0.469 e. The summed E-state index contributed by atoms with van der Waals surface area (Å²) in [5.41, 5.74) is 8.25. The van der Waals surface area contributed by atoms with Crippen LogP contribution in [0.25, 0.3) is 0 Å². The van der Waals surface area contributed by atoms with E-state index >= 15 is 0 Å². The van der Waals surface area contributed by atoms with Crippen molar-refractivity contribution in [3.63, 3.8) is 0 Å². The molecule has 96 valence electrons. The first-order valence-electron chi connectivity index (χ1n) is 5.47. The van der Waals surface area contributed by atoms with Gasteiger partial charge in [0.25, 0.3) is 0 Å². The lowest BCUT2D eigenvalue weighted by Crippen LogP contribution is -2.18. The molecule has 0 saturated heterocycles. The minimum Gasteiger partial charge on any atom is -0.469 e. The fourth-order valence-corrected chi connectivity index (χ4v) is 2.29. The van der Waals surface area contributed by atoms with Gasteiger partial charge < -0.3 is 15.1 Å². The summed E-state index contributed by atoms with van der Waals surface area (Å²) in [6.07, 6.45) is 1.65. The normalized spacial score (nSPS) is 10.7. The van der Waals surface area contributed by atoms with Crippen LogP contribution in [0.4, 0.5) is 15.8 Å². The van der Waals surface area contributed by atoms with E-state index in [9.17, 15) is 4.39 Å². The molecule has 0 atom stereocenters. The molecule has 0 spiro atoms. The van der Waals surface area contributed by atoms with Gasteiger partial charge in [-0.25, -0.2) is 4.39 Å². The monoisotopic (exact) mass is 360 g/mol. The van der Waals surface area contributed by atoms with Crippen molar-refractivity contribution in [2.45, 2.75) is 13.5 Å². The third-order valence-corrected chi connectivity index (χ3v) is 3.68. The molecule has 5 heteroatoms. The molecule has 1 heterocycles. The molecule has 0 aliphatic carbocycles. The highest BCUT2D eigenvalue weighted by molar-refractivity contribution is 14.1. The van der Waals surface area contributed by atoms with Crippen molar-refractivity contribution in [3.8, 4) is 0 Å². The second kappa shape index (κ2) is 5.17. The van der Waals surface area contributed by atoms with Gasteiger partial charge in [-0.3, -0.25) is 0 Å². The second-order valence-corrected chi connectivity index (χ2v) is 5.35. The van der Waals surface area contributed by atoms with E-state index in [1.54, 1.807) is 12.3 Å². The highest BCUT2D eigenvalue weighted by Crippen LogP contribution is 2.28. The van der Waals surface area contributed by atoms with Gasteiger partial charge in [-0.15, -0.1) is 0 Å². The minimum atomic E-state index is -0.254. The summed E-state index contributed by atoms with van der Waals surface area (Å²) >= 11 is 1.93. The molecule has 0 radical (unpaired) electrons. The van der Waals surface area contributed by atoms with Gasteiger partial charge in [-0.05, 0) is 41.6 Å². The summed E-state index contributed by atoms with van der Waals surface area (Å²) in [6.45, 7) is 2.54. The first kappa shape index (κ1) is 13.2. The van der Waals surface area contributed by atoms with Gasteiger partial charge in [0.2, 0.25) is 0 Å². The van der Waals surface area contributed by atoms with Crippen molar-refractivity contribution in [3.05, 3.63) is 45.2 Å². The van der Waals surface area contributed by atoms with Crippen LogP contribution >= 0.6 is 22.6 Å². The topological polar surface area (TPSA) is 42.4 Å². The maximum Gasteiger partial charge on any atom is 0.138 e. The lowest BCUT2D eigenvalue weighted by atomic mass is 10.2. The molecule has 3 nitrogen and oxygen atoms in total. The third-order valence-electron chi connectivity index (χ3n) is 2.85. The van der Waals surface area contributed by atoms with Crippen molar-refractivity contribution in [1.82, 2.24) is 0 Å². The maximum atomic E-state index is 13.6. The zero-order chi connectivity index (χ0) is 13.3. The number of hydrogen-bond donors (Lipinski definition) is 1. The summed E-state index contributed by atoms with van der Waals surface area (Å²) in [4.78, 5) is 1.91. The molecule has 1 aromatic carbocycles. The number of nitrogen functional groups attached to an aromatic ring is 1. The molecule has 1 aromatic heterocycles. The zero-order valence-corrected chi connectivity index (χ0v) is 12.4. The number of anilines is 2. The Morgan fingerprint density at radius 2 is 2.17 bits per heavy atom. The van der Waals surface area contributed by atoms with Crippen LogP contribution in [-0.2, 0) is 6.54 Å². The number of hydrogen-bond acceptors (Lipinski definition) is 3. The van der Waals surface area contributed by atoms with E-state index in [2.05, 4.69) is 0 Å². The van der Waals surface area contributed by atoms with Crippen molar-refractivity contribution in [2.75, 3.05) is 17.7 Å². The summed E-state index contributed by atoms with van der Waals surface area (Å²) in [5.74, 6) is 0.613. The summed E-state index contributed by atoms with van der Waals surface area (Å²) in [7, 11) is 1.88. The fourth-order valence-electron chi connectivity index (χ4n) is 1.80. The lowest BCUT2D eigenvalue weighted by Gasteiger charge is -2.21. The Labute approximate surface area is 119 Å². The van der Waals surface area contributed by atoms with Crippen LogP contribution in [0.15, 0.2) is 28.9 Å². The Hall–Kier alpha value is -1.24. The van der Waals surface area contributed by atoms with Gasteiger partial charge in [0.05, 0.1) is 21.2 Å². The predicted octanol–water partition coefficient (Wildman–Crippen LogP) is 3.55. The van der Waals surface area contributed by atoms with Crippen molar-refractivity contribution >= 4 is 34.0 Å². The number of nitrogens with two attached hydrogens (primary N) is 1. The van der Waals surface area contributed by atoms with E-state index in [0.29, 0.717) is 21.5 Å². The summed E-state index contributed by atoms with van der Waals surface area (Å²) in [5, 5.41) is 0. The Morgan fingerprint density at radius 3 is 2.78 bits per heavy atom. The molecule has 0 unspecified atom stereocenters. The molecule has 2 N–H and O–H groups in total. The smallest absolute Gasteiger partial charge is 0.138 e. The van der Waals surface area contributed by atoms with Crippen LogP contribution in [0.1, 0.15) is 11.3 Å². The summed E-state index contributed by atoms with van der Waals surface area (Å²) in [6, 6.07) is 5.02. The van der Waals surface area contributed by atoms with Gasteiger partial charge in [0, 0.05) is 25.2 Å². The van der Waals surface area contributed by atoms with Gasteiger partial charge in [0.1, 0.15) is 11.6 Å². The minimum absolute atomic E-state index is 0.254. The molecule has 0 aliphatic rings. The Balaban J connectivity index is 2.26. The van der Waals surface area contributed by atoms with E-state index < -0.39 is 0 Å². The van der Waals surface area contributed by atoms with Gasteiger partial charge in [0.15, 0.2) is 0 Å². The predicted molar refractivity (Wildman–Crippen MR) is 79.1 cm³/mol. The number of rotatable bonds is 3. The molecule has 0 aliphatic heterocycles. The highest BCUT2D eigenvalue weighted by Gasteiger charge is 2.12. The molecule has 0 bridgehead atoms. The second-order valence-electron chi connectivity index (χ2n) is 4.18. The van der Waals surface area contributed by atoms with Gasteiger partial charge in [-0.1, -0.05) is 0 Å². The zero-order valence-electron chi connectivity index (χ0n) is 10.2. The molecule has 2 aromatic rings. The van der Waals surface area contributed by atoms with E-state index in [0.717, 1.165) is 11.3 Å². The molecule has 0 saturated carbocycles. The lowest BCUT2D eigenvalue weighted by molar-refractivity contribution is 0.529. The van der Waals surface area contributed by atoms with Crippen LogP contribution < -0.4 is 10.6 Å². The van der Waals surface area contributed by atoms with Gasteiger partial charge in [-0.2, -0.15) is 0 Å². The van der Waals surface area contributed by atoms with Crippen molar-refractivity contribution in [1.29, 1.82) is 0 Å². The highest BCUT2D eigenvalue weighted by atomic mass is 127. The quantitative estimate of drug-likeness (QED) is 0.673. The SMILES string of the molecule is Cc1occc1CN(C)c1cc(F)c(I)cc1N. The van der Waals surface area contributed by atoms with Crippen molar-refractivity contribution < 1.29 is 8.81 Å². The van der Waals surface area contributed by atoms with E-state index in [1.807, 2.05) is 47.5 Å². The average molecular weight is 360 g/mol. The van der Waals surface area contributed by atoms with Crippen LogP contribution in [0, 0.1) is 16.3 Å². The molecule has 2 rings (SSSR count). The third kappa shape index (κ3) is 2.60. The Morgan fingerprint density at radius 1 is 1.44 bits per heavy atom. The van der Waals surface area contributed by atoms with Crippen LogP contribution in [0.2, 0.25) is 0 Å². The molecule has 0 amide bonds.